The maximum Gasteiger partial charge on any atom is 0.111 e. The van der Waals surface area contributed by atoms with Crippen molar-refractivity contribution in [1.82, 2.24) is 0 Å². The molecule has 86 valence electrons. The largest absolute Gasteiger partial charge is 0.469 e. The Balaban J connectivity index is 1.70. The van der Waals surface area contributed by atoms with E-state index in [1.807, 2.05) is 30.3 Å². The van der Waals surface area contributed by atoms with Gasteiger partial charge in [0.25, 0.3) is 0 Å². The van der Waals surface area contributed by atoms with Crippen LogP contribution in [-0.4, -0.2) is 0 Å². The van der Waals surface area contributed by atoms with E-state index in [2.05, 4.69) is 0 Å². The summed E-state index contributed by atoms with van der Waals surface area (Å²) in [6.07, 6.45) is 6.56. The third kappa shape index (κ3) is 2.33. The minimum Gasteiger partial charge on any atom is -0.469 e. The summed E-state index contributed by atoms with van der Waals surface area (Å²) in [4.78, 5) is 0. The third-order valence-electron chi connectivity index (χ3n) is 2.60. The molecular formula is C14H12O3. The lowest BCUT2D eigenvalue weighted by atomic mass is 10.2. The molecule has 0 aliphatic heterocycles. The zero-order valence-electron chi connectivity index (χ0n) is 9.26. The van der Waals surface area contributed by atoms with E-state index < -0.39 is 0 Å². The van der Waals surface area contributed by atoms with E-state index >= 15 is 0 Å². The van der Waals surface area contributed by atoms with Crippen molar-refractivity contribution in [3.8, 4) is 0 Å². The summed E-state index contributed by atoms with van der Waals surface area (Å²) in [5.41, 5.74) is 1.11. The van der Waals surface area contributed by atoms with Crippen LogP contribution in [0.4, 0.5) is 0 Å². The molecule has 0 atom stereocenters. The van der Waals surface area contributed by atoms with Crippen molar-refractivity contribution < 1.29 is 13.3 Å². The van der Waals surface area contributed by atoms with Gasteiger partial charge in [0.2, 0.25) is 0 Å². The van der Waals surface area contributed by atoms with Crippen molar-refractivity contribution in [2.24, 2.45) is 0 Å². The summed E-state index contributed by atoms with van der Waals surface area (Å²) >= 11 is 0. The van der Waals surface area contributed by atoms with Crippen LogP contribution in [0.15, 0.2) is 62.4 Å². The van der Waals surface area contributed by atoms with Gasteiger partial charge in [-0.25, -0.2) is 0 Å². The second kappa shape index (κ2) is 4.37. The molecule has 0 unspecified atom stereocenters. The minimum atomic E-state index is 0.686. The van der Waals surface area contributed by atoms with Crippen LogP contribution in [0, 0.1) is 0 Å². The van der Waals surface area contributed by atoms with E-state index in [0.717, 1.165) is 29.3 Å². The summed E-state index contributed by atoms with van der Waals surface area (Å²) in [7, 11) is 0. The predicted molar refractivity (Wildman–Crippen MR) is 61.7 cm³/mol. The van der Waals surface area contributed by atoms with Crippen LogP contribution in [0.3, 0.4) is 0 Å². The third-order valence-corrected chi connectivity index (χ3v) is 2.60. The summed E-state index contributed by atoms with van der Waals surface area (Å²) < 4.78 is 16.1. The first-order chi connectivity index (χ1) is 8.40. The highest BCUT2D eigenvalue weighted by atomic mass is 16.3. The molecule has 17 heavy (non-hydrogen) atoms. The molecule has 3 aromatic rings. The van der Waals surface area contributed by atoms with Gasteiger partial charge in [0.1, 0.15) is 17.3 Å². The molecule has 0 aromatic carbocycles. The molecule has 0 radical (unpaired) electrons. The second-order valence-corrected chi connectivity index (χ2v) is 3.93. The minimum absolute atomic E-state index is 0.686. The Morgan fingerprint density at radius 3 is 2.12 bits per heavy atom. The van der Waals surface area contributed by atoms with Crippen LogP contribution in [0.5, 0.6) is 0 Å². The molecule has 3 aromatic heterocycles. The SMILES string of the molecule is c1coc(Cc2coc(Cc3ccco3)c2)c1. The second-order valence-electron chi connectivity index (χ2n) is 3.93. The fourth-order valence-corrected chi connectivity index (χ4v) is 1.81. The predicted octanol–water partition coefficient (Wildman–Crippen LogP) is 3.65. The van der Waals surface area contributed by atoms with Gasteiger partial charge in [0.05, 0.1) is 25.2 Å². The molecule has 0 spiro atoms. The first-order valence-electron chi connectivity index (χ1n) is 5.51. The molecule has 0 aliphatic rings. The molecule has 0 bridgehead atoms. The van der Waals surface area contributed by atoms with Gasteiger partial charge in [-0.05, 0) is 35.9 Å². The molecule has 3 nitrogen and oxygen atoms in total. The van der Waals surface area contributed by atoms with Crippen molar-refractivity contribution >= 4 is 0 Å². The Hall–Kier alpha value is -2.16. The number of furan rings is 3. The Kier molecular flexibility index (Phi) is 2.58. The molecule has 0 fully saturated rings. The molecule has 3 heterocycles. The Morgan fingerprint density at radius 2 is 1.47 bits per heavy atom. The van der Waals surface area contributed by atoms with E-state index in [-0.39, 0.29) is 0 Å². The smallest absolute Gasteiger partial charge is 0.111 e. The van der Waals surface area contributed by atoms with Crippen LogP contribution in [0.25, 0.3) is 0 Å². The van der Waals surface area contributed by atoms with Crippen molar-refractivity contribution in [2.75, 3.05) is 0 Å². The summed E-state index contributed by atoms with van der Waals surface area (Å²) in [6, 6.07) is 9.69. The number of hydrogen-bond donors (Lipinski definition) is 0. The molecule has 0 N–H and O–H groups in total. The maximum atomic E-state index is 5.49. The summed E-state index contributed by atoms with van der Waals surface area (Å²) in [6.45, 7) is 0. The lowest BCUT2D eigenvalue weighted by Gasteiger charge is -1.91. The van der Waals surface area contributed by atoms with E-state index in [1.165, 1.54) is 0 Å². The lowest BCUT2D eigenvalue weighted by Crippen LogP contribution is -1.83. The normalized spacial score (nSPS) is 10.8. The Labute approximate surface area is 98.7 Å². The van der Waals surface area contributed by atoms with E-state index in [9.17, 15) is 0 Å². The van der Waals surface area contributed by atoms with Gasteiger partial charge in [-0.2, -0.15) is 0 Å². The van der Waals surface area contributed by atoms with Crippen molar-refractivity contribution in [2.45, 2.75) is 12.8 Å². The van der Waals surface area contributed by atoms with Gasteiger partial charge in [-0.15, -0.1) is 0 Å². The molecule has 0 saturated carbocycles. The topological polar surface area (TPSA) is 39.4 Å². The highest BCUT2D eigenvalue weighted by molar-refractivity contribution is 5.21. The molecule has 3 heteroatoms. The fourth-order valence-electron chi connectivity index (χ4n) is 1.81. The summed E-state index contributed by atoms with van der Waals surface area (Å²) in [5, 5.41) is 0. The number of hydrogen-bond acceptors (Lipinski definition) is 3. The lowest BCUT2D eigenvalue weighted by molar-refractivity contribution is 0.473. The van der Waals surface area contributed by atoms with Gasteiger partial charge in [-0.3, -0.25) is 0 Å². The van der Waals surface area contributed by atoms with Crippen LogP contribution in [-0.2, 0) is 12.8 Å². The quantitative estimate of drug-likeness (QED) is 0.684. The van der Waals surface area contributed by atoms with Crippen LogP contribution in [0.2, 0.25) is 0 Å². The molecule has 0 aliphatic carbocycles. The average Bonchev–Trinajstić information content (AvgIpc) is 3.02. The van der Waals surface area contributed by atoms with Gasteiger partial charge in [0, 0.05) is 6.42 Å². The molecule has 0 saturated heterocycles. The van der Waals surface area contributed by atoms with Gasteiger partial charge in [-0.1, -0.05) is 0 Å². The average molecular weight is 228 g/mol. The molecule has 0 amide bonds. The zero-order chi connectivity index (χ0) is 11.5. The highest BCUT2D eigenvalue weighted by Crippen LogP contribution is 2.16. The van der Waals surface area contributed by atoms with E-state index in [1.54, 1.807) is 18.8 Å². The molecule has 3 rings (SSSR count). The first-order valence-corrected chi connectivity index (χ1v) is 5.51. The Morgan fingerprint density at radius 1 is 0.765 bits per heavy atom. The Bertz CT molecular complexity index is 508. The van der Waals surface area contributed by atoms with Crippen molar-refractivity contribution in [3.05, 3.63) is 72.0 Å². The van der Waals surface area contributed by atoms with Crippen LogP contribution >= 0.6 is 0 Å². The number of rotatable bonds is 4. The molecular weight excluding hydrogens is 216 g/mol. The first kappa shape index (κ1) is 10.0. The van der Waals surface area contributed by atoms with Crippen LogP contribution in [0.1, 0.15) is 22.8 Å². The van der Waals surface area contributed by atoms with Gasteiger partial charge < -0.3 is 13.3 Å². The monoisotopic (exact) mass is 228 g/mol. The van der Waals surface area contributed by atoms with Gasteiger partial charge >= 0.3 is 0 Å². The van der Waals surface area contributed by atoms with Crippen LogP contribution < -0.4 is 0 Å². The van der Waals surface area contributed by atoms with Crippen molar-refractivity contribution in [3.63, 3.8) is 0 Å². The standard InChI is InChI=1S/C14H12O3/c1-3-12(15-5-1)7-11-8-14(17-10-11)9-13-4-2-6-16-13/h1-6,8,10H,7,9H2. The van der Waals surface area contributed by atoms with E-state index in [4.69, 9.17) is 13.3 Å². The van der Waals surface area contributed by atoms with Gasteiger partial charge in [0.15, 0.2) is 0 Å². The van der Waals surface area contributed by atoms with E-state index in [0.29, 0.717) is 6.42 Å². The summed E-state index contributed by atoms with van der Waals surface area (Å²) in [5.74, 6) is 2.75. The maximum absolute atomic E-state index is 5.49. The fraction of sp³-hybridized carbons (Fsp3) is 0.143. The van der Waals surface area contributed by atoms with Crippen molar-refractivity contribution in [1.29, 1.82) is 0 Å². The highest BCUT2D eigenvalue weighted by Gasteiger charge is 2.06. The zero-order valence-corrected chi connectivity index (χ0v) is 9.26.